The summed E-state index contributed by atoms with van der Waals surface area (Å²) >= 11 is 0. The first-order valence-electron chi connectivity index (χ1n) is 4.59. The number of ether oxygens (including phenoxy) is 1. The van der Waals surface area contributed by atoms with Crippen LogP contribution in [-0.4, -0.2) is 29.4 Å². The van der Waals surface area contributed by atoms with E-state index in [1.54, 1.807) is 6.07 Å². The zero-order valence-corrected chi connectivity index (χ0v) is 8.73. The molecular formula is C11H14O4. The number of carboxylic acid groups (broad SMARTS) is 1. The lowest BCUT2D eigenvalue weighted by molar-refractivity contribution is -0.146. The highest BCUT2D eigenvalue weighted by Gasteiger charge is 2.16. The third-order valence-electron chi connectivity index (χ3n) is 2.13. The van der Waals surface area contributed by atoms with Crippen molar-refractivity contribution in [1.29, 1.82) is 0 Å². The summed E-state index contributed by atoms with van der Waals surface area (Å²) in [5.74, 6) is -0.626. The number of rotatable bonds is 4. The fraction of sp³-hybridized carbons (Fsp3) is 0.364. The summed E-state index contributed by atoms with van der Waals surface area (Å²) in [4.78, 5) is 10.5. The van der Waals surface area contributed by atoms with Gasteiger partial charge in [-0.05, 0) is 18.6 Å². The van der Waals surface area contributed by atoms with Gasteiger partial charge in [0.05, 0.1) is 7.11 Å². The minimum atomic E-state index is -1.39. The number of aliphatic hydroxyl groups excluding tert-OH is 1. The van der Waals surface area contributed by atoms with E-state index in [0.717, 1.165) is 5.56 Å². The van der Waals surface area contributed by atoms with Crippen molar-refractivity contribution in [1.82, 2.24) is 0 Å². The predicted molar refractivity (Wildman–Crippen MR) is 55.1 cm³/mol. The minimum absolute atomic E-state index is 0.0557. The Balaban J connectivity index is 2.91. The Morgan fingerprint density at radius 3 is 2.73 bits per heavy atom. The van der Waals surface area contributed by atoms with Crippen molar-refractivity contribution in [2.24, 2.45) is 0 Å². The van der Waals surface area contributed by atoms with E-state index in [2.05, 4.69) is 0 Å². The Morgan fingerprint density at radius 2 is 2.20 bits per heavy atom. The molecule has 4 heteroatoms. The van der Waals surface area contributed by atoms with Crippen LogP contribution >= 0.6 is 0 Å². The van der Waals surface area contributed by atoms with Gasteiger partial charge in [0.25, 0.3) is 0 Å². The molecule has 0 aliphatic rings. The van der Waals surface area contributed by atoms with Gasteiger partial charge in [0.1, 0.15) is 5.75 Å². The highest BCUT2D eigenvalue weighted by atomic mass is 16.5. The van der Waals surface area contributed by atoms with Gasteiger partial charge in [0.2, 0.25) is 0 Å². The number of aliphatic carboxylic acids is 1. The summed E-state index contributed by atoms with van der Waals surface area (Å²) in [6.45, 7) is 1.90. The van der Waals surface area contributed by atoms with Crippen molar-refractivity contribution in [3.8, 4) is 5.75 Å². The second-order valence-electron chi connectivity index (χ2n) is 3.37. The molecule has 0 saturated heterocycles. The standard InChI is InChI=1S/C11H14O4/c1-7-3-4-10(15-2)8(5-7)6-9(12)11(13)14/h3-5,9,12H,6H2,1-2H3,(H,13,14). The van der Waals surface area contributed by atoms with Crippen LogP contribution in [0.3, 0.4) is 0 Å². The first-order valence-corrected chi connectivity index (χ1v) is 4.59. The number of aryl methyl sites for hydroxylation is 1. The maximum absolute atomic E-state index is 10.5. The maximum Gasteiger partial charge on any atom is 0.332 e. The third kappa shape index (κ3) is 2.95. The molecule has 1 rings (SSSR count). The molecule has 0 amide bonds. The van der Waals surface area contributed by atoms with Gasteiger partial charge in [-0.1, -0.05) is 17.7 Å². The second kappa shape index (κ2) is 4.79. The summed E-state index contributed by atoms with van der Waals surface area (Å²) in [6.07, 6.45) is -1.33. The van der Waals surface area contributed by atoms with Crippen molar-refractivity contribution in [2.45, 2.75) is 19.4 Å². The van der Waals surface area contributed by atoms with Gasteiger partial charge in [-0.25, -0.2) is 4.79 Å². The molecule has 0 radical (unpaired) electrons. The largest absolute Gasteiger partial charge is 0.496 e. The lowest BCUT2D eigenvalue weighted by atomic mass is 10.0. The van der Waals surface area contributed by atoms with Crippen LogP contribution in [0.2, 0.25) is 0 Å². The molecular weight excluding hydrogens is 196 g/mol. The number of methoxy groups -OCH3 is 1. The molecule has 15 heavy (non-hydrogen) atoms. The smallest absolute Gasteiger partial charge is 0.332 e. The van der Waals surface area contributed by atoms with E-state index in [1.165, 1.54) is 7.11 Å². The predicted octanol–water partition coefficient (Wildman–Crippen LogP) is 0.992. The van der Waals surface area contributed by atoms with Crippen molar-refractivity contribution < 1.29 is 19.7 Å². The Bertz CT molecular complexity index is 360. The van der Waals surface area contributed by atoms with Gasteiger partial charge in [0.15, 0.2) is 6.10 Å². The van der Waals surface area contributed by atoms with E-state index in [-0.39, 0.29) is 6.42 Å². The van der Waals surface area contributed by atoms with Crippen LogP contribution in [-0.2, 0) is 11.2 Å². The Kier molecular flexibility index (Phi) is 3.68. The average molecular weight is 210 g/mol. The number of aliphatic hydroxyl groups is 1. The van der Waals surface area contributed by atoms with Gasteiger partial charge >= 0.3 is 5.97 Å². The molecule has 0 spiro atoms. The molecule has 0 saturated carbocycles. The van der Waals surface area contributed by atoms with Gasteiger partial charge in [-0.2, -0.15) is 0 Å². The minimum Gasteiger partial charge on any atom is -0.496 e. The van der Waals surface area contributed by atoms with Crippen LogP contribution in [0.15, 0.2) is 18.2 Å². The van der Waals surface area contributed by atoms with E-state index in [9.17, 15) is 9.90 Å². The lowest BCUT2D eigenvalue weighted by Gasteiger charge is -2.11. The summed E-state index contributed by atoms with van der Waals surface area (Å²) < 4.78 is 5.08. The summed E-state index contributed by atoms with van der Waals surface area (Å²) in [6, 6.07) is 5.44. The van der Waals surface area contributed by atoms with Crippen molar-refractivity contribution in [3.63, 3.8) is 0 Å². The van der Waals surface area contributed by atoms with Crippen molar-refractivity contribution in [2.75, 3.05) is 7.11 Å². The van der Waals surface area contributed by atoms with E-state index in [0.29, 0.717) is 11.3 Å². The molecule has 4 nitrogen and oxygen atoms in total. The molecule has 0 bridgehead atoms. The summed E-state index contributed by atoms with van der Waals surface area (Å²) in [5, 5.41) is 17.8. The van der Waals surface area contributed by atoms with Crippen molar-refractivity contribution >= 4 is 5.97 Å². The van der Waals surface area contributed by atoms with E-state index in [1.807, 2.05) is 19.1 Å². The number of carboxylic acids is 1. The first-order chi connectivity index (χ1) is 7.04. The molecule has 1 aromatic rings. The molecule has 2 N–H and O–H groups in total. The number of carbonyl (C=O) groups is 1. The first kappa shape index (κ1) is 11.5. The number of hydrogen-bond acceptors (Lipinski definition) is 3. The average Bonchev–Trinajstić information content (AvgIpc) is 2.18. The zero-order chi connectivity index (χ0) is 11.4. The third-order valence-corrected chi connectivity index (χ3v) is 2.13. The molecule has 0 fully saturated rings. The Labute approximate surface area is 88.1 Å². The van der Waals surface area contributed by atoms with Crippen LogP contribution in [0.5, 0.6) is 5.75 Å². The van der Waals surface area contributed by atoms with E-state index < -0.39 is 12.1 Å². The molecule has 1 unspecified atom stereocenters. The fourth-order valence-corrected chi connectivity index (χ4v) is 1.36. The van der Waals surface area contributed by atoms with Gasteiger partial charge in [-0.3, -0.25) is 0 Å². The molecule has 1 atom stereocenters. The van der Waals surface area contributed by atoms with Gasteiger partial charge in [-0.15, -0.1) is 0 Å². The maximum atomic E-state index is 10.5. The SMILES string of the molecule is COc1ccc(C)cc1CC(O)C(=O)O. The molecule has 0 heterocycles. The van der Waals surface area contributed by atoms with Crippen LogP contribution in [0, 0.1) is 6.92 Å². The van der Waals surface area contributed by atoms with E-state index in [4.69, 9.17) is 9.84 Å². The molecule has 1 aromatic carbocycles. The van der Waals surface area contributed by atoms with E-state index >= 15 is 0 Å². The highest BCUT2D eigenvalue weighted by molar-refractivity contribution is 5.72. The highest BCUT2D eigenvalue weighted by Crippen LogP contribution is 2.21. The topological polar surface area (TPSA) is 66.8 Å². The number of hydrogen-bond donors (Lipinski definition) is 2. The molecule has 82 valence electrons. The zero-order valence-electron chi connectivity index (χ0n) is 8.73. The molecule has 0 aliphatic carbocycles. The van der Waals surface area contributed by atoms with Crippen LogP contribution in [0.4, 0.5) is 0 Å². The second-order valence-corrected chi connectivity index (χ2v) is 3.37. The quantitative estimate of drug-likeness (QED) is 0.777. The van der Waals surface area contributed by atoms with Gasteiger partial charge in [0, 0.05) is 6.42 Å². The van der Waals surface area contributed by atoms with Crippen molar-refractivity contribution in [3.05, 3.63) is 29.3 Å². The Hall–Kier alpha value is -1.55. The van der Waals surface area contributed by atoms with Crippen LogP contribution < -0.4 is 4.74 Å². The summed E-state index contributed by atoms with van der Waals surface area (Å²) in [5.41, 5.74) is 1.70. The lowest BCUT2D eigenvalue weighted by Crippen LogP contribution is -2.22. The van der Waals surface area contributed by atoms with Gasteiger partial charge < -0.3 is 14.9 Å². The fourth-order valence-electron chi connectivity index (χ4n) is 1.36. The monoisotopic (exact) mass is 210 g/mol. The number of benzene rings is 1. The van der Waals surface area contributed by atoms with Crippen LogP contribution in [0.1, 0.15) is 11.1 Å². The normalized spacial score (nSPS) is 12.2. The summed E-state index contributed by atoms with van der Waals surface area (Å²) in [7, 11) is 1.52. The molecule has 0 aromatic heterocycles. The Morgan fingerprint density at radius 1 is 1.53 bits per heavy atom. The van der Waals surface area contributed by atoms with Crippen LogP contribution in [0.25, 0.3) is 0 Å². The molecule has 0 aliphatic heterocycles.